The number of rotatable bonds is 6. The maximum atomic E-state index is 9.14. The lowest BCUT2D eigenvalue weighted by molar-refractivity contribution is 0.208. The minimum atomic E-state index is -0.428. The van der Waals surface area contributed by atoms with E-state index in [0.717, 1.165) is 13.0 Å². The Morgan fingerprint density at radius 2 is 2.00 bits per heavy atom. The second-order valence-electron chi connectivity index (χ2n) is 3.65. The summed E-state index contributed by atoms with van der Waals surface area (Å²) < 4.78 is 0. The largest absolute Gasteiger partial charge is 0.392 e. The molecule has 16 heavy (non-hydrogen) atoms. The van der Waals surface area contributed by atoms with Crippen LogP contribution in [0.15, 0.2) is 6.07 Å². The minimum absolute atomic E-state index is 0.217. The van der Waals surface area contributed by atoms with Crippen LogP contribution in [-0.4, -0.2) is 34.3 Å². The van der Waals surface area contributed by atoms with Gasteiger partial charge in [0.15, 0.2) is 0 Å². The first-order chi connectivity index (χ1) is 7.61. The van der Waals surface area contributed by atoms with Crippen LogP contribution in [0.5, 0.6) is 0 Å². The fourth-order valence-electron chi connectivity index (χ4n) is 1.15. The number of nitrogen functional groups attached to an aromatic ring is 1. The van der Waals surface area contributed by atoms with Crippen LogP contribution in [-0.2, 0) is 0 Å². The second kappa shape index (κ2) is 6.12. The highest BCUT2D eigenvalue weighted by Gasteiger charge is 2.02. The molecule has 1 aromatic rings. The van der Waals surface area contributed by atoms with Gasteiger partial charge in [-0.05, 0) is 13.3 Å². The average molecular weight is 225 g/mol. The molecule has 0 radical (unpaired) electrons. The Balaban J connectivity index is 2.65. The van der Waals surface area contributed by atoms with E-state index in [1.807, 2.05) is 0 Å². The number of anilines is 3. The maximum Gasteiger partial charge on any atom is 0.223 e. The summed E-state index contributed by atoms with van der Waals surface area (Å²) in [5, 5.41) is 15.3. The van der Waals surface area contributed by atoms with Crippen LogP contribution in [0.3, 0.4) is 0 Å². The molecule has 6 heteroatoms. The smallest absolute Gasteiger partial charge is 0.223 e. The molecule has 1 atom stereocenters. The van der Waals surface area contributed by atoms with Gasteiger partial charge < -0.3 is 21.5 Å². The van der Waals surface area contributed by atoms with Crippen molar-refractivity contribution in [2.24, 2.45) is 0 Å². The van der Waals surface area contributed by atoms with Gasteiger partial charge in [0, 0.05) is 19.2 Å². The summed E-state index contributed by atoms with van der Waals surface area (Å²) in [7, 11) is 0. The first kappa shape index (κ1) is 12.5. The second-order valence-corrected chi connectivity index (χ2v) is 3.65. The molecule has 1 unspecified atom stereocenters. The zero-order valence-corrected chi connectivity index (χ0v) is 9.70. The van der Waals surface area contributed by atoms with E-state index >= 15 is 0 Å². The van der Waals surface area contributed by atoms with E-state index in [1.54, 1.807) is 13.0 Å². The van der Waals surface area contributed by atoms with Crippen molar-refractivity contribution in [1.29, 1.82) is 0 Å². The molecule has 0 aliphatic heterocycles. The van der Waals surface area contributed by atoms with Crippen LogP contribution in [0.2, 0.25) is 0 Å². The number of hydrogen-bond acceptors (Lipinski definition) is 6. The third-order valence-electron chi connectivity index (χ3n) is 1.88. The van der Waals surface area contributed by atoms with Crippen molar-refractivity contribution in [3.8, 4) is 0 Å². The molecule has 0 aliphatic carbocycles. The van der Waals surface area contributed by atoms with Crippen molar-refractivity contribution in [2.75, 3.05) is 29.5 Å². The van der Waals surface area contributed by atoms with Crippen LogP contribution >= 0.6 is 0 Å². The van der Waals surface area contributed by atoms with Crippen molar-refractivity contribution >= 4 is 17.6 Å². The van der Waals surface area contributed by atoms with Crippen LogP contribution in [0.4, 0.5) is 17.6 Å². The third-order valence-corrected chi connectivity index (χ3v) is 1.88. The van der Waals surface area contributed by atoms with Gasteiger partial charge in [0.25, 0.3) is 0 Å². The van der Waals surface area contributed by atoms with Crippen molar-refractivity contribution in [1.82, 2.24) is 9.97 Å². The van der Waals surface area contributed by atoms with E-state index in [9.17, 15) is 0 Å². The molecular formula is C10H19N5O. The van der Waals surface area contributed by atoms with Crippen LogP contribution < -0.4 is 16.4 Å². The molecule has 0 saturated heterocycles. The number of hydrogen-bond donors (Lipinski definition) is 4. The molecule has 6 nitrogen and oxygen atoms in total. The normalized spacial score (nSPS) is 12.2. The van der Waals surface area contributed by atoms with E-state index in [2.05, 4.69) is 27.5 Å². The molecule has 0 amide bonds. The van der Waals surface area contributed by atoms with E-state index in [-0.39, 0.29) is 5.95 Å². The molecule has 1 aromatic heterocycles. The highest BCUT2D eigenvalue weighted by molar-refractivity contribution is 5.50. The lowest BCUT2D eigenvalue weighted by Gasteiger charge is -2.10. The summed E-state index contributed by atoms with van der Waals surface area (Å²) in [5.74, 6) is 1.53. The molecule has 0 bridgehead atoms. The van der Waals surface area contributed by atoms with Crippen LogP contribution in [0.1, 0.15) is 20.3 Å². The molecule has 0 spiro atoms. The summed E-state index contributed by atoms with van der Waals surface area (Å²) in [6, 6.07) is 1.77. The van der Waals surface area contributed by atoms with Crippen molar-refractivity contribution in [3.05, 3.63) is 6.07 Å². The summed E-state index contributed by atoms with van der Waals surface area (Å²) in [4.78, 5) is 8.07. The Hall–Kier alpha value is -1.56. The van der Waals surface area contributed by atoms with E-state index < -0.39 is 6.10 Å². The fraction of sp³-hybridized carbons (Fsp3) is 0.600. The Morgan fingerprint density at radius 1 is 1.38 bits per heavy atom. The summed E-state index contributed by atoms with van der Waals surface area (Å²) in [6.45, 7) is 5.05. The Labute approximate surface area is 95.3 Å². The molecule has 0 fully saturated rings. The molecule has 0 aromatic carbocycles. The number of nitrogens with two attached hydrogens (primary N) is 1. The Morgan fingerprint density at radius 3 is 2.56 bits per heavy atom. The lowest BCUT2D eigenvalue weighted by atomic mass is 10.4. The van der Waals surface area contributed by atoms with Gasteiger partial charge in [-0.25, -0.2) is 0 Å². The fourth-order valence-corrected chi connectivity index (χ4v) is 1.15. The minimum Gasteiger partial charge on any atom is -0.392 e. The van der Waals surface area contributed by atoms with Crippen LogP contribution in [0.25, 0.3) is 0 Å². The highest BCUT2D eigenvalue weighted by atomic mass is 16.3. The van der Waals surface area contributed by atoms with Gasteiger partial charge in [0.2, 0.25) is 5.95 Å². The molecule has 0 saturated carbocycles. The van der Waals surface area contributed by atoms with Crippen molar-refractivity contribution in [2.45, 2.75) is 26.4 Å². The number of nitrogens with one attached hydrogen (secondary N) is 2. The molecular weight excluding hydrogens is 206 g/mol. The predicted octanol–water partition coefficient (Wildman–Crippen LogP) is 0.673. The summed E-state index contributed by atoms with van der Waals surface area (Å²) in [6.07, 6.45) is 0.587. The van der Waals surface area contributed by atoms with Gasteiger partial charge in [0.05, 0.1) is 6.10 Å². The zero-order valence-electron chi connectivity index (χ0n) is 9.70. The van der Waals surface area contributed by atoms with Crippen molar-refractivity contribution in [3.63, 3.8) is 0 Å². The topological polar surface area (TPSA) is 96.1 Å². The third kappa shape index (κ3) is 4.31. The van der Waals surface area contributed by atoms with Gasteiger partial charge in [-0.15, -0.1) is 0 Å². The van der Waals surface area contributed by atoms with Gasteiger partial charge in [-0.1, -0.05) is 6.92 Å². The Bertz CT molecular complexity index is 329. The number of aliphatic hydroxyl groups excluding tert-OH is 1. The number of aliphatic hydroxyl groups is 1. The SMILES string of the molecule is CCCNc1cc(NCC(C)O)nc(N)n1. The van der Waals surface area contributed by atoms with Gasteiger partial charge in [-0.3, -0.25) is 0 Å². The first-order valence-electron chi connectivity index (χ1n) is 5.42. The predicted molar refractivity (Wildman–Crippen MR) is 65.4 cm³/mol. The van der Waals surface area contributed by atoms with E-state index in [4.69, 9.17) is 10.8 Å². The number of nitrogens with zero attached hydrogens (tertiary/aromatic N) is 2. The summed E-state index contributed by atoms with van der Waals surface area (Å²) in [5.41, 5.74) is 5.57. The molecule has 5 N–H and O–H groups in total. The maximum absolute atomic E-state index is 9.14. The van der Waals surface area contributed by atoms with E-state index in [1.165, 1.54) is 0 Å². The van der Waals surface area contributed by atoms with Crippen LogP contribution in [0, 0.1) is 0 Å². The standard InChI is InChI=1S/C10H19N5O/c1-3-4-12-8-5-9(13-6-7(2)16)15-10(11)14-8/h5,7,16H,3-4,6H2,1-2H3,(H4,11,12,13,14,15). The Kier molecular flexibility index (Phi) is 4.78. The first-order valence-corrected chi connectivity index (χ1v) is 5.42. The molecule has 1 rings (SSSR count). The monoisotopic (exact) mass is 225 g/mol. The molecule has 0 aliphatic rings. The quantitative estimate of drug-likeness (QED) is 0.568. The zero-order chi connectivity index (χ0) is 12.0. The average Bonchev–Trinajstić information content (AvgIpc) is 2.23. The van der Waals surface area contributed by atoms with Gasteiger partial charge >= 0.3 is 0 Å². The molecule has 1 heterocycles. The summed E-state index contributed by atoms with van der Waals surface area (Å²) >= 11 is 0. The lowest BCUT2D eigenvalue weighted by Crippen LogP contribution is -2.17. The molecule has 90 valence electrons. The number of aromatic nitrogens is 2. The van der Waals surface area contributed by atoms with Crippen molar-refractivity contribution < 1.29 is 5.11 Å². The van der Waals surface area contributed by atoms with Gasteiger partial charge in [0.1, 0.15) is 11.6 Å². The highest BCUT2D eigenvalue weighted by Crippen LogP contribution is 2.12. The van der Waals surface area contributed by atoms with E-state index in [0.29, 0.717) is 18.2 Å². The van der Waals surface area contributed by atoms with Gasteiger partial charge in [-0.2, -0.15) is 9.97 Å².